The lowest BCUT2D eigenvalue weighted by Crippen LogP contribution is -2.25. The maximum Gasteiger partial charge on any atom is 0.160 e. The molecule has 1 rings (SSSR count). The fourth-order valence-corrected chi connectivity index (χ4v) is 2.29. The minimum atomic E-state index is -0.640. The highest BCUT2D eigenvalue weighted by molar-refractivity contribution is 6.35. The number of aliphatic hydroxyl groups excluding tert-OH is 1. The molecule has 1 atom stereocenters. The number of unbranched alkanes of at least 4 members (excludes halogenated alkanes) is 3. The molecule has 3 nitrogen and oxygen atoms in total. The SMILES string of the molecule is CCCCCCOCC(O)CNc1cc(Cl)c(F)c(Cl)c1. The molecule has 0 amide bonds. The number of benzene rings is 1. The number of nitrogens with one attached hydrogen (secondary N) is 1. The fraction of sp³-hybridized carbons (Fsp3) is 0.600. The molecule has 0 aromatic heterocycles. The van der Waals surface area contributed by atoms with Crippen molar-refractivity contribution in [2.24, 2.45) is 0 Å². The van der Waals surface area contributed by atoms with Crippen molar-refractivity contribution < 1.29 is 14.2 Å². The van der Waals surface area contributed by atoms with Gasteiger partial charge in [0.1, 0.15) is 0 Å². The molecule has 0 aliphatic heterocycles. The predicted octanol–water partition coefficient (Wildman–Crippen LogP) is 4.50. The van der Waals surface area contributed by atoms with Gasteiger partial charge >= 0.3 is 0 Å². The van der Waals surface area contributed by atoms with Crippen LogP contribution in [0.2, 0.25) is 10.0 Å². The molecule has 21 heavy (non-hydrogen) atoms. The topological polar surface area (TPSA) is 41.5 Å². The average Bonchev–Trinajstić information content (AvgIpc) is 2.46. The summed E-state index contributed by atoms with van der Waals surface area (Å²) in [6, 6.07) is 2.86. The summed E-state index contributed by atoms with van der Waals surface area (Å²) in [7, 11) is 0. The maximum absolute atomic E-state index is 13.2. The van der Waals surface area contributed by atoms with Gasteiger partial charge in [0.15, 0.2) is 5.82 Å². The van der Waals surface area contributed by atoms with Gasteiger partial charge in [0.05, 0.1) is 22.8 Å². The van der Waals surface area contributed by atoms with Gasteiger partial charge in [0.2, 0.25) is 0 Å². The van der Waals surface area contributed by atoms with Gasteiger partial charge in [-0.1, -0.05) is 49.4 Å². The number of halogens is 3. The number of rotatable bonds is 10. The normalized spacial score (nSPS) is 12.4. The number of anilines is 1. The molecule has 1 aromatic rings. The van der Waals surface area contributed by atoms with Crippen LogP contribution in [0.25, 0.3) is 0 Å². The van der Waals surface area contributed by atoms with E-state index in [1.54, 1.807) is 0 Å². The lowest BCUT2D eigenvalue weighted by molar-refractivity contribution is 0.0417. The van der Waals surface area contributed by atoms with E-state index < -0.39 is 11.9 Å². The second-order valence-electron chi connectivity index (χ2n) is 4.92. The number of aliphatic hydroxyl groups is 1. The minimum Gasteiger partial charge on any atom is -0.389 e. The molecule has 0 aliphatic rings. The van der Waals surface area contributed by atoms with Crippen LogP contribution >= 0.6 is 23.2 Å². The smallest absolute Gasteiger partial charge is 0.160 e. The zero-order valence-electron chi connectivity index (χ0n) is 12.2. The van der Waals surface area contributed by atoms with Gasteiger partial charge in [0, 0.05) is 18.8 Å². The highest BCUT2D eigenvalue weighted by Crippen LogP contribution is 2.27. The van der Waals surface area contributed by atoms with Crippen LogP contribution in [-0.2, 0) is 4.74 Å². The molecule has 0 fully saturated rings. The van der Waals surface area contributed by atoms with Gasteiger partial charge < -0.3 is 15.2 Å². The molecular formula is C15H22Cl2FNO2. The summed E-state index contributed by atoms with van der Waals surface area (Å²) in [5.74, 6) is -0.639. The van der Waals surface area contributed by atoms with Gasteiger partial charge in [-0.05, 0) is 18.6 Å². The number of ether oxygens (including phenoxy) is 1. The molecule has 1 aromatic carbocycles. The van der Waals surface area contributed by atoms with Crippen molar-refractivity contribution in [3.63, 3.8) is 0 Å². The monoisotopic (exact) mass is 337 g/mol. The van der Waals surface area contributed by atoms with Crippen molar-refractivity contribution in [1.82, 2.24) is 0 Å². The van der Waals surface area contributed by atoms with E-state index in [1.807, 2.05) is 0 Å². The molecule has 0 radical (unpaired) electrons. The number of hydrogen-bond donors (Lipinski definition) is 2. The Morgan fingerprint density at radius 3 is 2.52 bits per heavy atom. The molecule has 0 saturated carbocycles. The molecule has 2 N–H and O–H groups in total. The Bertz CT molecular complexity index is 409. The van der Waals surface area contributed by atoms with Gasteiger partial charge in [-0.2, -0.15) is 0 Å². The zero-order valence-corrected chi connectivity index (χ0v) is 13.7. The minimum absolute atomic E-state index is 0.0494. The third kappa shape index (κ3) is 7.32. The summed E-state index contributed by atoms with van der Waals surface area (Å²) in [5, 5.41) is 12.6. The second-order valence-corrected chi connectivity index (χ2v) is 5.74. The Kier molecular flexibility index (Phi) is 9.00. The van der Waals surface area contributed by atoms with Crippen LogP contribution in [0.3, 0.4) is 0 Å². The van der Waals surface area contributed by atoms with E-state index in [-0.39, 0.29) is 23.2 Å². The molecule has 0 heterocycles. The third-order valence-electron chi connectivity index (χ3n) is 2.98. The van der Waals surface area contributed by atoms with Crippen LogP contribution < -0.4 is 5.32 Å². The van der Waals surface area contributed by atoms with E-state index in [9.17, 15) is 9.50 Å². The van der Waals surface area contributed by atoms with E-state index in [4.69, 9.17) is 27.9 Å². The average molecular weight is 338 g/mol. The van der Waals surface area contributed by atoms with Crippen molar-refractivity contribution in [1.29, 1.82) is 0 Å². The van der Waals surface area contributed by atoms with Gasteiger partial charge in [-0.25, -0.2) is 4.39 Å². The Morgan fingerprint density at radius 1 is 1.24 bits per heavy atom. The van der Waals surface area contributed by atoms with Crippen molar-refractivity contribution in [2.45, 2.75) is 38.7 Å². The molecule has 120 valence electrons. The van der Waals surface area contributed by atoms with E-state index in [0.29, 0.717) is 12.3 Å². The quantitative estimate of drug-likeness (QED) is 0.487. The summed E-state index contributed by atoms with van der Waals surface area (Å²) < 4.78 is 18.6. The van der Waals surface area contributed by atoms with E-state index in [0.717, 1.165) is 12.8 Å². The summed E-state index contributed by atoms with van der Waals surface area (Å²) in [6.07, 6.45) is 3.92. The number of hydrogen-bond acceptors (Lipinski definition) is 3. The van der Waals surface area contributed by atoms with Crippen molar-refractivity contribution >= 4 is 28.9 Å². The van der Waals surface area contributed by atoms with Crippen LogP contribution in [0.15, 0.2) is 12.1 Å². The first-order valence-electron chi connectivity index (χ1n) is 7.18. The first kappa shape index (κ1) is 18.5. The van der Waals surface area contributed by atoms with Gasteiger partial charge in [0.25, 0.3) is 0 Å². The van der Waals surface area contributed by atoms with Crippen molar-refractivity contribution in [2.75, 3.05) is 25.1 Å². The molecule has 0 bridgehead atoms. The van der Waals surface area contributed by atoms with E-state index in [1.165, 1.54) is 25.0 Å². The second kappa shape index (κ2) is 10.2. The van der Waals surface area contributed by atoms with Crippen LogP contribution in [0.5, 0.6) is 0 Å². The summed E-state index contributed by atoms with van der Waals surface area (Å²) in [6.45, 7) is 3.37. The standard InChI is InChI=1S/C15H22Cl2FNO2/c1-2-3-4-5-6-21-10-12(20)9-19-11-7-13(16)15(18)14(17)8-11/h7-8,12,19-20H,2-6,9-10H2,1H3. The van der Waals surface area contributed by atoms with Crippen molar-refractivity contribution in [3.05, 3.63) is 28.0 Å². The first-order valence-corrected chi connectivity index (χ1v) is 7.94. The predicted molar refractivity (Wildman–Crippen MR) is 85.9 cm³/mol. The van der Waals surface area contributed by atoms with Crippen LogP contribution in [0.4, 0.5) is 10.1 Å². The van der Waals surface area contributed by atoms with Crippen molar-refractivity contribution in [3.8, 4) is 0 Å². The Labute approximate surface area is 135 Å². The highest BCUT2D eigenvalue weighted by Gasteiger charge is 2.09. The lowest BCUT2D eigenvalue weighted by atomic mass is 10.2. The molecular weight excluding hydrogens is 316 g/mol. The summed E-state index contributed by atoms with van der Waals surface area (Å²) in [5.41, 5.74) is 0.563. The molecule has 0 spiro atoms. The Balaban J connectivity index is 2.22. The maximum atomic E-state index is 13.2. The van der Waals surface area contributed by atoms with E-state index >= 15 is 0 Å². The highest BCUT2D eigenvalue weighted by atomic mass is 35.5. The van der Waals surface area contributed by atoms with Gasteiger partial charge in [-0.15, -0.1) is 0 Å². The third-order valence-corrected chi connectivity index (χ3v) is 3.53. The van der Waals surface area contributed by atoms with Crippen LogP contribution in [0.1, 0.15) is 32.6 Å². The molecule has 6 heteroatoms. The lowest BCUT2D eigenvalue weighted by Gasteiger charge is -2.14. The summed E-state index contributed by atoms with van der Waals surface area (Å²) in [4.78, 5) is 0. The largest absolute Gasteiger partial charge is 0.389 e. The summed E-state index contributed by atoms with van der Waals surface area (Å²) >= 11 is 11.4. The molecule has 0 aliphatic carbocycles. The zero-order chi connectivity index (χ0) is 15.7. The Morgan fingerprint density at radius 2 is 1.90 bits per heavy atom. The van der Waals surface area contributed by atoms with Crippen LogP contribution in [0, 0.1) is 5.82 Å². The fourth-order valence-electron chi connectivity index (χ4n) is 1.80. The van der Waals surface area contributed by atoms with Gasteiger partial charge in [-0.3, -0.25) is 0 Å². The van der Waals surface area contributed by atoms with Crippen LogP contribution in [-0.4, -0.2) is 31.0 Å². The van der Waals surface area contributed by atoms with E-state index in [2.05, 4.69) is 12.2 Å². The Hall–Kier alpha value is -0.550. The first-order chi connectivity index (χ1) is 10.0. The molecule has 0 saturated heterocycles. The molecule has 1 unspecified atom stereocenters.